The second-order valence-electron chi connectivity index (χ2n) is 7.25. The lowest BCUT2D eigenvalue weighted by molar-refractivity contribution is -0.137. The largest absolute Gasteiger partial charge is 0.493 e. The van der Waals surface area contributed by atoms with E-state index in [4.69, 9.17) is 14.0 Å². The molecule has 1 aliphatic heterocycles. The fourth-order valence-corrected chi connectivity index (χ4v) is 3.48. The van der Waals surface area contributed by atoms with Crippen molar-refractivity contribution in [1.82, 2.24) is 20.0 Å². The zero-order valence-electron chi connectivity index (χ0n) is 17.6. The molecule has 8 nitrogen and oxygen atoms in total. The minimum absolute atomic E-state index is 0.452. The predicted molar refractivity (Wildman–Crippen MR) is 110 cm³/mol. The number of nitrogens with zero attached hydrogens (tertiary/aromatic N) is 5. The van der Waals surface area contributed by atoms with E-state index in [9.17, 15) is 13.2 Å². The fourth-order valence-electron chi connectivity index (χ4n) is 3.48. The molecule has 0 unspecified atom stereocenters. The van der Waals surface area contributed by atoms with Crippen LogP contribution in [0.3, 0.4) is 0 Å². The van der Waals surface area contributed by atoms with Gasteiger partial charge in [-0.15, -0.1) is 0 Å². The summed E-state index contributed by atoms with van der Waals surface area (Å²) >= 11 is 0. The molecule has 0 radical (unpaired) electrons. The lowest BCUT2D eigenvalue weighted by Crippen LogP contribution is -2.46. The van der Waals surface area contributed by atoms with Crippen molar-refractivity contribution < 1.29 is 27.2 Å². The normalized spacial score (nSPS) is 15.1. The second-order valence-corrected chi connectivity index (χ2v) is 7.25. The van der Waals surface area contributed by atoms with Gasteiger partial charge in [0.15, 0.2) is 11.5 Å². The molecular weight excluding hydrogens is 427 g/mol. The summed E-state index contributed by atoms with van der Waals surface area (Å²) in [5.41, 5.74) is -0.00240. The lowest BCUT2D eigenvalue weighted by Gasteiger charge is -2.34. The van der Waals surface area contributed by atoms with Crippen molar-refractivity contribution in [1.29, 1.82) is 0 Å². The van der Waals surface area contributed by atoms with Gasteiger partial charge in [-0.3, -0.25) is 4.90 Å². The summed E-state index contributed by atoms with van der Waals surface area (Å²) in [6.07, 6.45) is -3.51. The molecule has 4 rings (SSSR count). The van der Waals surface area contributed by atoms with E-state index in [1.807, 2.05) is 11.0 Å². The van der Waals surface area contributed by atoms with E-state index in [-0.39, 0.29) is 0 Å². The molecule has 3 heterocycles. The Morgan fingerprint density at radius 2 is 1.75 bits per heavy atom. The first-order valence-electron chi connectivity index (χ1n) is 9.93. The van der Waals surface area contributed by atoms with Crippen LogP contribution in [-0.4, -0.2) is 60.4 Å². The monoisotopic (exact) mass is 449 g/mol. The third-order valence-electron chi connectivity index (χ3n) is 5.24. The van der Waals surface area contributed by atoms with Crippen LogP contribution in [0.5, 0.6) is 11.5 Å². The fraction of sp³-hybridized carbons (Fsp3) is 0.381. The summed E-state index contributed by atoms with van der Waals surface area (Å²) < 4.78 is 54.1. The molecule has 0 aliphatic carbocycles. The molecule has 0 bridgehead atoms. The van der Waals surface area contributed by atoms with Crippen molar-refractivity contribution in [3.8, 4) is 22.9 Å². The minimum Gasteiger partial charge on any atom is -0.493 e. The molecular formula is C21H22F3N5O3. The maximum atomic E-state index is 12.7. The van der Waals surface area contributed by atoms with Gasteiger partial charge in [-0.2, -0.15) is 18.2 Å². The van der Waals surface area contributed by atoms with Gasteiger partial charge in [0.25, 0.3) is 0 Å². The Morgan fingerprint density at radius 1 is 1.00 bits per heavy atom. The van der Waals surface area contributed by atoms with Gasteiger partial charge in [-0.1, -0.05) is 5.16 Å². The van der Waals surface area contributed by atoms with Crippen LogP contribution in [0, 0.1) is 0 Å². The molecule has 0 saturated carbocycles. The summed E-state index contributed by atoms with van der Waals surface area (Å²) in [4.78, 5) is 12.5. The van der Waals surface area contributed by atoms with Crippen molar-refractivity contribution in [3.63, 3.8) is 0 Å². The highest BCUT2D eigenvalue weighted by Gasteiger charge is 2.31. The number of hydrogen-bond acceptors (Lipinski definition) is 8. The van der Waals surface area contributed by atoms with Crippen LogP contribution >= 0.6 is 0 Å². The molecule has 0 N–H and O–H groups in total. The molecule has 1 aromatic carbocycles. The Balaban J connectivity index is 1.35. The SMILES string of the molecule is COc1ccc(-c2noc(CN3CCN(c4ccc(C(F)(F)F)cn4)CC3)n2)cc1OC. The van der Waals surface area contributed by atoms with E-state index in [1.54, 1.807) is 26.4 Å². The first-order chi connectivity index (χ1) is 15.4. The molecule has 0 atom stereocenters. The van der Waals surface area contributed by atoms with E-state index >= 15 is 0 Å². The summed E-state index contributed by atoms with van der Waals surface area (Å²) in [6.45, 7) is 3.13. The quantitative estimate of drug-likeness (QED) is 0.566. The summed E-state index contributed by atoms with van der Waals surface area (Å²) in [5.74, 6) is 2.65. The summed E-state index contributed by atoms with van der Waals surface area (Å²) in [5, 5.41) is 4.05. The van der Waals surface area contributed by atoms with Crippen LogP contribution in [0.25, 0.3) is 11.4 Å². The van der Waals surface area contributed by atoms with Crippen LogP contribution < -0.4 is 14.4 Å². The lowest BCUT2D eigenvalue weighted by atomic mass is 10.2. The highest BCUT2D eigenvalue weighted by molar-refractivity contribution is 5.60. The Morgan fingerprint density at radius 3 is 2.38 bits per heavy atom. The number of benzene rings is 1. The van der Waals surface area contributed by atoms with Crippen molar-refractivity contribution in [3.05, 3.63) is 48.0 Å². The zero-order chi connectivity index (χ0) is 22.7. The van der Waals surface area contributed by atoms with Crippen LogP contribution in [-0.2, 0) is 12.7 Å². The van der Waals surface area contributed by atoms with Gasteiger partial charge in [-0.25, -0.2) is 4.98 Å². The number of hydrogen-bond donors (Lipinski definition) is 0. The van der Waals surface area contributed by atoms with Crippen LogP contribution in [0.15, 0.2) is 41.1 Å². The number of piperazine rings is 1. The third kappa shape index (κ3) is 4.77. The topological polar surface area (TPSA) is 76.8 Å². The van der Waals surface area contributed by atoms with Crippen molar-refractivity contribution in [2.24, 2.45) is 0 Å². The molecule has 1 saturated heterocycles. The summed E-state index contributed by atoms with van der Waals surface area (Å²) in [6, 6.07) is 7.85. The van der Waals surface area contributed by atoms with Crippen molar-refractivity contribution in [2.75, 3.05) is 45.3 Å². The summed E-state index contributed by atoms with van der Waals surface area (Å²) in [7, 11) is 3.13. The van der Waals surface area contributed by atoms with Crippen LogP contribution in [0.1, 0.15) is 11.5 Å². The minimum atomic E-state index is -4.38. The molecule has 1 fully saturated rings. The average molecular weight is 449 g/mol. The smallest absolute Gasteiger partial charge is 0.417 e. The standard InChI is InChI=1S/C21H22F3N5O3/c1-30-16-5-3-14(11-17(16)31-2)20-26-19(32-27-20)13-28-7-9-29(10-8-28)18-6-4-15(12-25-18)21(22,23)24/h3-6,11-12H,7-10,13H2,1-2H3. The number of methoxy groups -OCH3 is 2. The van der Waals surface area contributed by atoms with Gasteiger partial charge in [-0.05, 0) is 30.3 Å². The Kier molecular flexibility index (Phi) is 6.17. The number of aromatic nitrogens is 3. The third-order valence-corrected chi connectivity index (χ3v) is 5.24. The Bertz CT molecular complexity index is 1050. The average Bonchev–Trinajstić information content (AvgIpc) is 3.27. The van der Waals surface area contributed by atoms with Crippen molar-refractivity contribution in [2.45, 2.75) is 12.7 Å². The number of alkyl halides is 3. The number of ether oxygens (including phenoxy) is 2. The number of rotatable bonds is 6. The van der Waals surface area contributed by atoms with Crippen molar-refractivity contribution >= 4 is 5.82 Å². The van der Waals surface area contributed by atoms with E-state index in [0.717, 1.165) is 17.8 Å². The first-order valence-corrected chi connectivity index (χ1v) is 9.93. The number of anilines is 1. The molecule has 11 heteroatoms. The number of halogens is 3. The van der Waals surface area contributed by atoms with Crippen LogP contribution in [0.4, 0.5) is 19.0 Å². The molecule has 0 spiro atoms. The Hall–Kier alpha value is -3.34. The molecule has 0 amide bonds. The molecule has 1 aliphatic rings. The zero-order valence-corrected chi connectivity index (χ0v) is 17.6. The molecule has 3 aromatic rings. The number of pyridine rings is 1. The maximum Gasteiger partial charge on any atom is 0.417 e. The second kappa shape index (κ2) is 9.03. The molecule has 32 heavy (non-hydrogen) atoms. The first kappa shape index (κ1) is 21.9. The molecule has 170 valence electrons. The predicted octanol–water partition coefficient (Wildman–Crippen LogP) is 3.49. The van der Waals surface area contributed by atoms with Gasteiger partial charge in [0.2, 0.25) is 11.7 Å². The van der Waals surface area contributed by atoms with E-state index in [1.165, 1.54) is 6.07 Å². The van der Waals surface area contributed by atoms with Gasteiger partial charge < -0.3 is 18.9 Å². The Labute approximate surface area is 182 Å². The maximum absolute atomic E-state index is 12.7. The van der Waals surface area contributed by atoms with Gasteiger partial charge >= 0.3 is 6.18 Å². The van der Waals surface area contributed by atoms with Gasteiger partial charge in [0.05, 0.1) is 26.3 Å². The van der Waals surface area contributed by atoms with Crippen LogP contribution in [0.2, 0.25) is 0 Å². The molecule has 2 aromatic heterocycles. The van der Waals surface area contributed by atoms with E-state index < -0.39 is 11.7 Å². The van der Waals surface area contributed by atoms with Gasteiger partial charge in [0.1, 0.15) is 5.82 Å². The van der Waals surface area contributed by atoms with Gasteiger partial charge in [0, 0.05) is 37.9 Å². The highest BCUT2D eigenvalue weighted by atomic mass is 19.4. The van der Waals surface area contributed by atoms with E-state index in [2.05, 4.69) is 20.0 Å². The van der Waals surface area contributed by atoms with E-state index in [0.29, 0.717) is 61.8 Å². The highest BCUT2D eigenvalue weighted by Crippen LogP contribution is 2.31.